The molecule has 18 heavy (non-hydrogen) atoms. The summed E-state index contributed by atoms with van der Waals surface area (Å²) in [5.41, 5.74) is -0.864. The maximum Gasteiger partial charge on any atom is 0.433 e. The van der Waals surface area contributed by atoms with Crippen LogP contribution in [0.25, 0.3) is 0 Å². The number of pyridine rings is 1. The lowest BCUT2D eigenvalue weighted by molar-refractivity contribution is -0.141. The number of carbonyl (C=O) groups excluding carboxylic acids is 1. The van der Waals surface area contributed by atoms with Gasteiger partial charge in [-0.1, -0.05) is 13.8 Å². The second-order valence-electron chi connectivity index (χ2n) is 3.92. The molecule has 0 aliphatic carbocycles. The van der Waals surface area contributed by atoms with Gasteiger partial charge in [0.1, 0.15) is 5.69 Å². The summed E-state index contributed by atoms with van der Waals surface area (Å²) in [7, 11) is 0. The number of aromatic nitrogens is 1. The highest BCUT2D eigenvalue weighted by atomic mass is 19.4. The molecule has 1 heterocycles. The Kier molecular flexibility index (Phi) is 4.69. The van der Waals surface area contributed by atoms with Crippen LogP contribution in [0.5, 0.6) is 0 Å². The van der Waals surface area contributed by atoms with Crippen molar-refractivity contribution in [2.75, 3.05) is 0 Å². The Balaban J connectivity index is 2.76. The first-order valence-electron chi connectivity index (χ1n) is 5.72. The van der Waals surface area contributed by atoms with Crippen molar-refractivity contribution >= 4 is 5.91 Å². The highest BCUT2D eigenvalue weighted by Crippen LogP contribution is 2.27. The third-order valence-electron chi connectivity index (χ3n) is 2.64. The maximum absolute atomic E-state index is 12.3. The number of hydrogen-bond acceptors (Lipinski definition) is 2. The van der Waals surface area contributed by atoms with Crippen LogP contribution in [0.15, 0.2) is 18.3 Å². The van der Waals surface area contributed by atoms with E-state index in [1.165, 1.54) is 0 Å². The predicted octanol–water partition coefficient (Wildman–Crippen LogP) is 3.02. The molecule has 3 nitrogen and oxygen atoms in total. The molecule has 0 atom stereocenters. The molecule has 1 N–H and O–H groups in total. The minimum atomic E-state index is -4.48. The van der Waals surface area contributed by atoms with E-state index in [0.29, 0.717) is 0 Å². The molecule has 0 unspecified atom stereocenters. The lowest BCUT2D eigenvalue weighted by Crippen LogP contribution is -2.33. The summed E-state index contributed by atoms with van der Waals surface area (Å²) >= 11 is 0. The van der Waals surface area contributed by atoms with Gasteiger partial charge in [0.2, 0.25) is 0 Å². The first-order chi connectivity index (χ1) is 8.38. The molecule has 1 aromatic rings. The van der Waals surface area contributed by atoms with E-state index in [1.807, 2.05) is 13.8 Å². The molecule has 0 aliphatic heterocycles. The van der Waals surface area contributed by atoms with Crippen LogP contribution >= 0.6 is 0 Å². The maximum atomic E-state index is 12.3. The predicted molar refractivity (Wildman–Crippen MR) is 61.1 cm³/mol. The molecule has 0 saturated heterocycles. The van der Waals surface area contributed by atoms with Gasteiger partial charge in [-0.25, -0.2) is 0 Å². The van der Waals surface area contributed by atoms with Gasteiger partial charge in [0.05, 0.1) is 5.56 Å². The zero-order valence-electron chi connectivity index (χ0n) is 10.2. The van der Waals surface area contributed by atoms with Crippen molar-refractivity contribution in [2.24, 2.45) is 0 Å². The largest absolute Gasteiger partial charge is 0.433 e. The molecule has 1 rings (SSSR count). The molecule has 1 aromatic heterocycles. The van der Waals surface area contributed by atoms with Crippen molar-refractivity contribution in [2.45, 2.75) is 38.9 Å². The molecule has 0 radical (unpaired) electrons. The molecule has 100 valence electrons. The van der Waals surface area contributed by atoms with E-state index in [0.717, 1.165) is 31.2 Å². The van der Waals surface area contributed by atoms with Gasteiger partial charge in [-0.05, 0) is 25.0 Å². The van der Waals surface area contributed by atoms with Crippen LogP contribution in [0.4, 0.5) is 13.2 Å². The second-order valence-corrected chi connectivity index (χ2v) is 3.92. The van der Waals surface area contributed by atoms with Crippen molar-refractivity contribution in [3.8, 4) is 0 Å². The third kappa shape index (κ3) is 3.72. The second kappa shape index (κ2) is 5.84. The first-order valence-corrected chi connectivity index (χ1v) is 5.72. The van der Waals surface area contributed by atoms with E-state index in [2.05, 4.69) is 10.3 Å². The van der Waals surface area contributed by atoms with E-state index < -0.39 is 17.8 Å². The van der Waals surface area contributed by atoms with Crippen molar-refractivity contribution in [1.29, 1.82) is 0 Å². The zero-order chi connectivity index (χ0) is 13.8. The Morgan fingerprint density at radius 3 is 2.33 bits per heavy atom. The Morgan fingerprint density at radius 1 is 1.33 bits per heavy atom. The normalized spacial score (nSPS) is 11.7. The fraction of sp³-hybridized carbons (Fsp3) is 0.500. The lowest BCUT2D eigenvalue weighted by atomic mass is 10.1. The van der Waals surface area contributed by atoms with Crippen molar-refractivity contribution in [3.63, 3.8) is 0 Å². The average molecular weight is 260 g/mol. The molecule has 1 amide bonds. The summed E-state index contributed by atoms with van der Waals surface area (Å²) in [5.74, 6) is -0.398. The molecule has 6 heteroatoms. The Bertz CT molecular complexity index is 397. The smallest absolute Gasteiger partial charge is 0.349 e. The molecule has 0 bridgehead atoms. The van der Waals surface area contributed by atoms with Crippen molar-refractivity contribution in [3.05, 3.63) is 29.6 Å². The van der Waals surface area contributed by atoms with E-state index >= 15 is 0 Å². The number of amides is 1. The number of alkyl halides is 3. The van der Waals surface area contributed by atoms with E-state index in [1.54, 1.807) is 0 Å². The van der Waals surface area contributed by atoms with Gasteiger partial charge in [-0.15, -0.1) is 0 Å². The molecular weight excluding hydrogens is 245 g/mol. The average Bonchev–Trinajstić information content (AvgIpc) is 2.34. The summed E-state index contributed by atoms with van der Waals surface area (Å²) in [5, 5.41) is 2.73. The quantitative estimate of drug-likeness (QED) is 0.904. The summed E-state index contributed by atoms with van der Waals surface area (Å²) in [6, 6.07) is 1.97. The summed E-state index contributed by atoms with van der Waals surface area (Å²) in [6.07, 6.45) is -1.99. The zero-order valence-corrected chi connectivity index (χ0v) is 10.2. The van der Waals surface area contributed by atoms with Gasteiger partial charge < -0.3 is 5.32 Å². The van der Waals surface area contributed by atoms with Crippen LogP contribution in [0, 0.1) is 0 Å². The molecule has 0 fully saturated rings. The summed E-state index contributed by atoms with van der Waals surface area (Å²) < 4.78 is 36.8. The van der Waals surface area contributed by atoms with Crippen LogP contribution in [-0.2, 0) is 6.18 Å². The number of hydrogen-bond donors (Lipinski definition) is 1. The van der Waals surface area contributed by atoms with Crippen molar-refractivity contribution in [1.82, 2.24) is 10.3 Å². The van der Waals surface area contributed by atoms with E-state index in [-0.39, 0.29) is 11.6 Å². The molecular formula is C12H15F3N2O. The molecule has 0 aliphatic rings. The monoisotopic (exact) mass is 260 g/mol. The van der Waals surface area contributed by atoms with Gasteiger partial charge in [0.25, 0.3) is 5.91 Å². The van der Waals surface area contributed by atoms with Gasteiger partial charge in [0.15, 0.2) is 0 Å². The van der Waals surface area contributed by atoms with Gasteiger partial charge in [-0.2, -0.15) is 13.2 Å². The summed E-state index contributed by atoms with van der Waals surface area (Å²) in [6.45, 7) is 3.86. The number of halogens is 3. The number of rotatable bonds is 4. The number of nitrogens with zero attached hydrogens (tertiary/aromatic N) is 1. The van der Waals surface area contributed by atoms with Gasteiger partial charge >= 0.3 is 6.18 Å². The van der Waals surface area contributed by atoms with Crippen LogP contribution in [0.2, 0.25) is 0 Å². The summed E-state index contributed by atoms with van der Waals surface area (Å²) in [4.78, 5) is 14.9. The van der Waals surface area contributed by atoms with E-state index in [4.69, 9.17) is 0 Å². The highest BCUT2D eigenvalue weighted by molar-refractivity contribution is 5.94. The SMILES string of the molecule is CCC(CC)NC(=O)c1ccc(C(F)(F)F)nc1. The van der Waals surface area contributed by atoms with Gasteiger partial charge in [-0.3, -0.25) is 9.78 Å². The molecule has 0 spiro atoms. The van der Waals surface area contributed by atoms with Crippen LogP contribution in [0.3, 0.4) is 0 Å². The highest BCUT2D eigenvalue weighted by Gasteiger charge is 2.32. The standard InChI is InChI=1S/C12H15F3N2O/c1-3-9(4-2)17-11(18)8-5-6-10(16-7-8)12(13,14)15/h5-7,9H,3-4H2,1-2H3,(H,17,18). The van der Waals surface area contributed by atoms with Crippen LogP contribution < -0.4 is 5.32 Å². The fourth-order valence-electron chi connectivity index (χ4n) is 1.46. The minimum Gasteiger partial charge on any atom is -0.349 e. The minimum absolute atomic E-state index is 0.0276. The fourth-order valence-corrected chi connectivity index (χ4v) is 1.46. The Hall–Kier alpha value is -1.59. The molecule has 0 saturated carbocycles. The van der Waals surface area contributed by atoms with Crippen LogP contribution in [0.1, 0.15) is 42.7 Å². The topological polar surface area (TPSA) is 42.0 Å². The Labute approximate surface area is 103 Å². The van der Waals surface area contributed by atoms with Gasteiger partial charge in [0, 0.05) is 12.2 Å². The van der Waals surface area contributed by atoms with Crippen LogP contribution in [-0.4, -0.2) is 16.9 Å². The number of nitrogens with one attached hydrogen (secondary N) is 1. The molecule has 0 aromatic carbocycles. The first kappa shape index (κ1) is 14.5. The lowest BCUT2D eigenvalue weighted by Gasteiger charge is -2.14. The van der Waals surface area contributed by atoms with E-state index in [9.17, 15) is 18.0 Å². The van der Waals surface area contributed by atoms with Crippen molar-refractivity contribution < 1.29 is 18.0 Å². The Morgan fingerprint density at radius 2 is 1.94 bits per heavy atom. The third-order valence-corrected chi connectivity index (χ3v) is 2.64. The number of carbonyl (C=O) groups is 1.